The van der Waals surface area contributed by atoms with Gasteiger partial charge in [0.15, 0.2) is 0 Å². The summed E-state index contributed by atoms with van der Waals surface area (Å²) in [7, 11) is 1.91. The lowest BCUT2D eigenvalue weighted by atomic mass is 10.0. The normalized spacial score (nSPS) is 19.3. The smallest absolute Gasteiger partial charge is 0.254 e. The zero-order chi connectivity index (χ0) is 12.3. The third-order valence-electron chi connectivity index (χ3n) is 3.53. The third-order valence-corrected chi connectivity index (χ3v) is 3.53. The molecule has 1 heterocycles. The summed E-state index contributed by atoms with van der Waals surface area (Å²) in [6, 6.07) is 8.24. The predicted octanol–water partition coefficient (Wildman–Crippen LogP) is 1.68. The van der Waals surface area contributed by atoms with E-state index in [9.17, 15) is 4.79 Å². The van der Waals surface area contributed by atoms with Crippen molar-refractivity contribution >= 4 is 5.91 Å². The molecule has 0 bridgehead atoms. The van der Waals surface area contributed by atoms with Crippen molar-refractivity contribution in [2.24, 2.45) is 0 Å². The summed E-state index contributed by atoms with van der Waals surface area (Å²) < 4.78 is 0. The number of benzene rings is 1. The van der Waals surface area contributed by atoms with Crippen LogP contribution in [0.5, 0.6) is 0 Å². The van der Waals surface area contributed by atoms with Gasteiger partial charge in [-0.25, -0.2) is 0 Å². The second kappa shape index (κ2) is 5.32. The molecule has 0 radical (unpaired) electrons. The van der Waals surface area contributed by atoms with Gasteiger partial charge in [-0.15, -0.1) is 0 Å². The van der Waals surface area contributed by atoms with Crippen molar-refractivity contribution in [1.29, 1.82) is 0 Å². The molecule has 1 atom stereocenters. The van der Waals surface area contributed by atoms with Crippen LogP contribution in [0, 0.1) is 0 Å². The van der Waals surface area contributed by atoms with E-state index in [0.717, 1.165) is 37.1 Å². The number of hydrogen-bond donors (Lipinski definition) is 1. The Labute approximate surface area is 103 Å². The maximum atomic E-state index is 12.4. The molecule has 0 unspecified atom stereocenters. The zero-order valence-electron chi connectivity index (χ0n) is 10.6. The van der Waals surface area contributed by atoms with E-state index in [1.54, 1.807) is 0 Å². The average Bonchev–Trinajstić information content (AvgIpc) is 2.90. The zero-order valence-corrected chi connectivity index (χ0v) is 10.6. The Kier molecular flexibility index (Phi) is 3.79. The van der Waals surface area contributed by atoms with E-state index in [-0.39, 0.29) is 5.91 Å². The van der Waals surface area contributed by atoms with Crippen LogP contribution in [0.25, 0.3) is 0 Å². The van der Waals surface area contributed by atoms with Crippen LogP contribution in [0.3, 0.4) is 0 Å². The fourth-order valence-electron chi connectivity index (χ4n) is 2.36. The summed E-state index contributed by atoms with van der Waals surface area (Å²) in [5.41, 5.74) is 1.99. The number of carbonyl (C=O) groups excluding carboxylic acids is 1. The number of nitrogens with zero attached hydrogens (tertiary/aromatic N) is 1. The van der Waals surface area contributed by atoms with Crippen LogP contribution in [-0.4, -0.2) is 37.0 Å². The Balaban J connectivity index is 2.18. The van der Waals surface area contributed by atoms with E-state index in [0.29, 0.717) is 6.04 Å². The third kappa shape index (κ3) is 2.50. The van der Waals surface area contributed by atoms with Crippen molar-refractivity contribution in [3.8, 4) is 0 Å². The van der Waals surface area contributed by atoms with Crippen LogP contribution in [0.15, 0.2) is 24.3 Å². The van der Waals surface area contributed by atoms with Crippen LogP contribution >= 0.6 is 0 Å². The lowest BCUT2D eigenvalue weighted by Gasteiger charge is -2.24. The van der Waals surface area contributed by atoms with Gasteiger partial charge in [-0.05, 0) is 31.0 Å². The largest absolute Gasteiger partial charge is 0.337 e. The lowest BCUT2D eigenvalue weighted by molar-refractivity contribution is 0.0742. The van der Waals surface area contributed by atoms with Gasteiger partial charge in [0.25, 0.3) is 5.91 Å². The highest BCUT2D eigenvalue weighted by Crippen LogP contribution is 2.15. The van der Waals surface area contributed by atoms with Crippen molar-refractivity contribution in [2.75, 3.05) is 20.1 Å². The van der Waals surface area contributed by atoms with E-state index >= 15 is 0 Å². The molecule has 0 saturated carbocycles. The molecule has 17 heavy (non-hydrogen) atoms. The fourth-order valence-corrected chi connectivity index (χ4v) is 2.36. The highest BCUT2D eigenvalue weighted by atomic mass is 16.2. The minimum Gasteiger partial charge on any atom is -0.337 e. The van der Waals surface area contributed by atoms with Crippen LogP contribution in [0.1, 0.15) is 29.3 Å². The number of nitrogens with one attached hydrogen (secondary N) is 1. The Morgan fingerprint density at radius 1 is 1.47 bits per heavy atom. The second-order valence-corrected chi connectivity index (χ2v) is 4.57. The van der Waals surface area contributed by atoms with Gasteiger partial charge in [-0.2, -0.15) is 0 Å². The van der Waals surface area contributed by atoms with Gasteiger partial charge in [0.05, 0.1) is 0 Å². The summed E-state index contributed by atoms with van der Waals surface area (Å²) in [4.78, 5) is 14.3. The average molecular weight is 232 g/mol. The van der Waals surface area contributed by atoms with Crippen LogP contribution in [0.2, 0.25) is 0 Å². The molecule has 1 fully saturated rings. The van der Waals surface area contributed by atoms with Crippen molar-refractivity contribution in [3.05, 3.63) is 35.4 Å². The van der Waals surface area contributed by atoms with Gasteiger partial charge in [0.1, 0.15) is 0 Å². The topological polar surface area (TPSA) is 32.3 Å². The number of hydrogen-bond acceptors (Lipinski definition) is 2. The minimum atomic E-state index is 0.149. The molecule has 1 amide bonds. The van der Waals surface area contributed by atoms with Gasteiger partial charge in [-0.3, -0.25) is 4.79 Å². The first kappa shape index (κ1) is 12.1. The van der Waals surface area contributed by atoms with Gasteiger partial charge >= 0.3 is 0 Å². The first-order valence-corrected chi connectivity index (χ1v) is 6.29. The van der Waals surface area contributed by atoms with E-state index in [1.165, 1.54) is 0 Å². The molecule has 1 aromatic rings. The molecule has 1 aliphatic rings. The maximum Gasteiger partial charge on any atom is 0.254 e. The van der Waals surface area contributed by atoms with Crippen LogP contribution in [0.4, 0.5) is 0 Å². The molecule has 1 saturated heterocycles. The molecule has 0 spiro atoms. The molecular weight excluding hydrogens is 212 g/mol. The molecule has 0 aliphatic carbocycles. The molecule has 1 N–H and O–H groups in total. The van der Waals surface area contributed by atoms with Gasteiger partial charge in [0.2, 0.25) is 0 Å². The highest BCUT2D eigenvalue weighted by molar-refractivity contribution is 5.95. The van der Waals surface area contributed by atoms with Gasteiger partial charge in [-0.1, -0.05) is 25.1 Å². The standard InChI is InChI=1S/C14H20N2O/c1-3-11-6-4-5-7-13(11)14(17)16(2)12-8-9-15-10-12/h4-7,12,15H,3,8-10H2,1-2H3/t12-/m1/s1. The summed E-state index contributed by atoms with van der Waals surface area (Å²) in [6.45, 7) is 4.01. The SMILES string of the molecule is CCc1ccccc1C(=O)N(C)[C@@H]1CCNC1. The Hall–Kier alpha value is -1.35. The summed E-state index contributed by atoms with van der Waals surface area (Å²) in [5, 5.41) is 3.29. The summed E-state index contributed by atoms with van der Waals surface area (Å²) in [6.07, 6.45) is 1.95. The number of rotatable bonds is 3. The Morgan fingerprint density at radius 2 is 2.24 bits per heavy atom. The first-order chi connectivity index (χ1) is 8.24. The fraction of sp³-hybridized carbons (Fsp3) is 0.500. The Morgan fingerprint density at radius 3 is 2.88 bits per heavy atom. The van der Waals surface area contributed by atoms with E-state index in [1.807, 2.05) is 36.2 Å². The number of likely N-dealkylation sites (N-methyl/N-ethyl adjacent to an activating group) is 1. The highest BCUT2D eigenvalue weighted by Gasteiger charge is 2.24. The number of aryl methyl sites for hydroxylation is 1. The second-order valence-electron chi connectivity index (χ2n) is 4.57. The van der Waals surface area contributed by atoms with Crippen LogP contribution < -0.4 is 5.32 Å². The molecule has 1 aromatic carbocycles. The van der Waals surface area contributed by atoms with E-state index in [4.69, 9.17) is 0 Å². The van der Waals surface area contributed by atoms with E-state index in [2.05, 4.69) is 12.2 Å². The first-order valence-electron chi connectivity index (χ1n) is 6.29. The van der Waals surface area contributed by atoms with Gasteiger partial charge in [0, 0.05) is 25.2 Å². The van der Waals surface area contributed by atoms with Crippen LogP contribution in [-0.2, 0) is 6.42 Å². The van der Waals surface area contributed by atoms with Crippen molar-refractivity contribution in [1.82, 2.24) is 10.2 Å². The quantitative estimate of drug-likeness (QED) is 0.860. The molecule has 3 heteroatoms. The molecule has 0 aromatic heterocycles. The molecule has 92 valence electrons. The maximum absolute atomic E-state index is 12.4. The molecule has 2 rings (SSSR count). The lowest BCUT2D eigenvalue weighted by Crippen LogP contribution is -2.38. The summed E-state index contributed by atoms with van der Waals surface area (Å²) >= 11 is 0. The molecular formula is C14H20N2O. The van der Waals surface area contributed by atoms with Crippen molar-refractivity contribution in [3.63, 3.8) is 0 Å². The number of carbonyl (C=O) groups is 1. The van der Waals surface area contributed by atoms with Crippen molar-refractivity contribution in [2.45, 2.75) is 25.8 Å². The predicted molar refractivity (Wildman–Crippen MR) is 69.2 cm³/mol. The Bertz CT molecular complexity index is 397. The van der Waals surface area contributed by atoms with Gasteiger partial charge < -0.3 is 10.2 Å². The number of amides is 1. The molecule has 3 nitrogen and oxygen atoms in total. The monoisotopic (exact) mass is 232 g/mol. The van der Waals surface area contributed by atoms with Crippen molar-refractivity contribution < 1.29 is 4.79 Å². The summed E-state index contributed by atoms with van der Waals surface area (Å²) in [5.74, 6) is 0.149. The molecule has 1 aliphatic heterocycles. The van der Waals surface area contributed by atoms with E-state index < -0.39 is 0 Å². The minimum absolute atomic E-state index is 0.149.